The predicted molar refractivity (Wildman–Crippen MR) is 164 cm³/mol. The van der Waals surface area contributed by atoms with Crippen LogP contribution in [0.5, 0.6) is 11.5 Å². The molecule has 0 spiro atoms. The molecule has 3 heterocycles. The smallest absolute Gasteiger partial charge is 0.0363 e. The molecule has 2 atom stereocenters. The maximum atomic E-state index is 15.6. The number of nitrogens with one attached hydrogen (secondary N) is 1. The van der Waals surface area contributed by atoms with Gasteiger partial charge in [0.05, 0.1) is 0 Å². The van der Waals surface area contributed by atoms with Gasteiger partial charge in [-0.15, -0.1) is 0 Å². The first-order valence-corrected chi connectivity index (χ1v) is 15.6. The maximum absolute atomic E-state index is 15.6. The van der Waals surface area contributed by atoms with Gasteiger partial charge in [-0.1, -0.05) is 0 Å². The summed E-state index contributed by atoms with van der Waals surface area (Å²) in [6, 6.07) is 16.3. The number of carbonyl (C=O) groups excluding carboxylic acids is 1. The van der Waals surface area contributed by atoms with Gasteiger partial charge < -0.3 is 0 Å². The summed E-state index contributed by atoms with van der Waals surface area (Å²) in [5, 5.41) is 18.9. The number of rotatable bonds is 9. The van der Waals surface area contributed by atoms with Crippen molar-refractivity contribution in [3.8, 4) is 28.8 Å². The van der Waals surface area contributed by atoms with Crippen molar-refractivity contribution in [1.29, 1.82) is 5.26 Å². The molecule has 0 radical (unpaired) electrons. The van der Waals surface area contributed by atoms with Gasteiger partial charge in [0.25, 0.3) is 0 Å². The summed E-state index contributed by atoms with van der Waals surface area (Å²) >= 11 is 1.29. The summed E-state index contributed by atoms with van der Waals surface area (Å²) in [6.07, 6.45) is 7.04. The Bertz CT molecular complexity index is 1740. The van der Waals surface area contributed by atoms with Gasteiger partial charge in [0, 0.05) is 6.04 Å². The van der Waals surface area contributed by atoms with E-state index in [0.717, 1.165) is 30.2 Å². The molecule has 2 aliphatic rings. The first-order chi connectivity index (χ1) is 20.7. The van der Waals surface area contributed by atoms with Crippen molar-refractivity contribution in [1.82, 2.24) is 30.0 Å². The van der Waals surface area contributed by atoms with Gasteiger partial charge in [0.2, 0.25) is 0 Å². The van der Waals surface area contributed by atoms with Crippen LogP contribution in [0.3, 0.4) is 0 Å². The monoisotopic (exact) mass is 641 g/mol. The fraction of sp³-hybridized carbons (Fsp3) is 0.344. The fourth-order valence-electron chi connectivity index (χ4n) is 5.67. The number of benzene rings is 2. The molecule has 1 amide bonds. The second kappa shape index (κ2) is 11.9. The number of carbonyl (C=O) groups is 1. The number of hydrogen-bond acceptors (Lipinski definition) is 7. The van der Waals surface area contributed by atoms with Crippen molar-refractivity contribution < 1.29 is 13.9 Å². The molecule has 220 valence electrons. The third-order valence-corrected chi connectivity index (χ3v) is 8.68. The molecule has 2 aromatic heterocycles. The number of halogens is 1. The minimum absolute atomic E-state index is 0.136. The van der Waals surface area contributed by atoms with Crippen molar-refractivity contribution in [2.75, 3.05) is 6.54 Å². The van der Waals surface area contributed by atoms with Gasteiger partial charge in [-0.25, -0.2) is 0 Å². The molecule has 2 aromatic carbocycles. The van der Waals surface area contributed by atoms with E-state index in [0.29, 0.717) is 52.9 Å². The fourth-order valence-corrected chi connectivity index (χ4v) is 6.37. The third-order valence-electron chi connectivity index (χ3n) is 7.76. The zero-order chi connectivity index (χ0) is 30.1. The number of para-hydroxylation sites is 1. The molecule has 1 N–H and O–H groups in total. The molecule has 1 saturated heterocycles. The minimum atomic E-state index is -0.473. The zero-order valence-electron chi connectivity index (χ0n) is 24.1. The van der Waals surface area contributed by atoms with E-state index < -0.39 is 11.4 Å². The standard InChI is InChI=1S/C32H33AsFN7O2/c1-32(2,38-21-10-11-21)16-20(17-35)31(42)40-14-6-7-22(40)18-41-30-27(29(33)36-19-37-30)28(39-41)25-13-12-24(15-26(25)34)43-23-8-4-3-5-9-23/h3-5,8-9,12-13,15-16,19,21-22,38H,6-7,10-11,14,18,33H2,1-2H3/b20-16-/t22-/m0/s1. The van der Waals surface area contributed by atoms with E-state index in [1.165, 1.54) is 29.2 Å². The van der Waals surface area contributed by atoms with Gasteiger partial charge in [0.15, 0.2) is 0 Å². The summed E-state index contributed by atoms with van der Waals surface area (Å²) < 4.78 is 23.9. The Balaban J connectivity index is 1.28. The molecule has 6 rings (SSSR count). The van der Waals surface area contributed by atoms with Gasteiger partial charge in [0.1, 0.15) is 0 Å². The van der Waals surface area contributed by atoms with Crippen LogP contribution in [-0.2, 0) is 11.3 Å². The van der Waals surface area contributed by atoms with E-state index in [1.54, 1.807) is 27.8 Å². The van der Waals surface area contributed by atoms with Gasteiger partial charge >= 0.3 is 240 Å². The number of ether oxygens (including phenoxy) is 1. The Morgan fingerprint density at radius 3 is 2.70 bits per heavy atom. The number of likely N-dealkylation sites (tertiary alicyclic amines) is 1. The molecule has 1 saturated carbocycles. The zero-order valence-corrected chi connectivity index (χ0v) is 26.5. The number of nitriles is 1. The summed E-state index contributed by atoms with van der Waals surface area (Å²) in [6.45, 7) is 4.89. The Hall–Kier alpha value is -4.06. The van der Waals surface area contributed by atoms with E-state index >= 15 is 4.39 Å². The molecule has 1 aliphatic heterocycles. The molecular weight excluding hydrogens is 608 g/mol. The van der Waals surface area contributed by atoms with Crippen molar-refractivity contribution in [2.24, 2.45) is 0 Å². The van der Waals surface area contributed by atoms with E-state index in [4.69, 9.17) is 9.84 Å². The summed E-state index contributed by atoms with van der Waals surface area (Å²) in [4.78, 5) is 24.3. The van der Waals surface area contributed by atoms with Gasteiger partial charge in [-0.2, -0.15) is 0 Å². The quantitative estimate of drug-likeness (QED) is 0.169. The van der Waals surface area contributed by atoms with Crippen LogP contribution in [0.4, 0.5) is 4.39 Å². The summed E-state index contributed by atoms with van der Waals surface area (Å²) in [5.74, 6) is 0.246. The van der Waals surface area contributed by atoms with E-state index in [2.05, 4.69) is 21.4 Å². The molecule has 1 unspecified atom stereocenters. The first kappa shape index (κ1) is 29.0. The van der Waals surface area contributed by atoms with Gasteiger partial charge in [-0.3, -0.25) is 0 Å². The van der Waals surface area contributed by atoms with Crippen LogP contribution in [0.2, 0.25) is 0 Å². The average Bonchev–Trinajstić information content (AvgIpc) is 3.52. The van der Waals surface area contributed by atoms with Crippen molar-refractivity contribution in [2.45, 2.75) is 63.7 Å². The number of fused-ring (bicyclic) bond motifs is 1. The van der Waals surface area contributed by atoms with Crippen LogP contribution >= 0.6 is 0 Å². The minimum Gasteiger partial charge on any atom is -0.0363 e. The second-order valence-electron chi connectivity index (χ2n) is 11.6. The Morgan fingerprint density at radius 2 is 1.98 bits per heavy atom. The van der Waals surface area contributed by atoms with Crippen molar-refractivity contribution in [3.63, 3.8) is 0 Å². The van der Waals surface area contributed by atoms with Crippen LogP contribution in [0.15, 0.2) is 66.5 Å². The molecule has 9 nitrogen and oxygen atoms in total. The molecule has 0 bridgehead atoms. The van der Waals surface area contributed by atoms with Crippen LogP contribution in [0.1, 0.15) is 39.5 Å². The third kappa shape index (κ3) is 6.34. The van der Waals surface area contributed by atoms with Crippen molar-refractivity contribution >= 4 is 38.3 Å². The number of hydrogen-bond donors (Lipinski definition) is 1. The van der Waals surface area contributed by atoms with E-state index in [-0.39, 0.29) is 17.5 Å². The Kier molecular flexibility index (Phi) is 8.04. The predicted octanol–water partition coefficient (Wildman–Crippen LogP) is 3.65. The SMILES string of the molecule is CC(C)(/C=C(/C#N)C(=O)N1CCC[C@H]1Cn1nc(-c2ccc(Oc3ccccc3)cc2F)c2c([AsH2])ncnc21)NC1CC1. The molecule has 11 heteroatoms. The van der Waals surface area contributed by atoms with E-state index in [1.807, 2.05) is 44.2 Å². The normalized spacial score (nSPS) is 17.3. The van der Waals surface area contributed by atoms with Crippen LogP contribution < -0.4 is 14.5 Å². The van der Waals surface area contributed by atoms with Crippen LogP contribution in [-0.4, -0.2) is 71.6 Å². The van der Waals surface area contributed by atoms with E-state index in [9.17, 15) is 10.1 Å². The topological polar surface area (TPSA) is 109 Å². The van der Waals surface area contributed by atoms with Gasteiger partial charge in [-0.05, 0) is 12.8 Å². The summed E-state index contributed by atoms with van der Waals surface area (Å²) in [7, 11) is 0. The number of nitrogens with zero attached hydrogens (tertiary/aromatic N) is 6. The Labute approximate surface area is 258 Å². The molecule has 2 fully saturated rings. The number of aromatic nitrogens is 4. The number of amides is 1. The molecular formula is C32H33AsFN7O2. The molecule has 1 aliphatic carbocycles. The average molecular weight is 642 g/mol. The van der Waals surface area contributed by atoms with Crippen LogP contribution in [0, 0.1) is 17.1 Å². The molecule has 4 aromatic rings. The first-order valence-electron chi connectivity index (χ1n) is 14.4. The Morgan fingerprint density at radius 1 is 1.19 bits per heavy atom. The van der Waals surface area contributed by atoms with Crippen molar-refractivity contribution in [3.05, 3.63) is 72.3 Å². The second-order valence-corrected chi connectivity index (χ2v) is 12.8. The molecule has 43 heavy (non-hydrogen) atoms. The van der Waals surface area contributed by atoms with Crippen LogP contribution in [0.25, 0.3) is 22.3 Å². The summed E-state index contributed by atoms with van der Waals surface area (Å²) in [5.41, 5.74) is 1.01.